The minimum atomic E-state index is -0.459. The zero-order valence-corrected chi connectivity index (χ0v) is 20.3. The van der Waals surface area contributed by atoms with E-state index in [2.05, 4.69) is 23.5 Å². The van der Waals surface area contributed by atoms with Gasteiger partial charge in [-0.15, -0.1) is 0 Å². The molecule has 2 amide bonds. The van der Waals surface area contributed by atoms with E-state index in [0.717, 1.165) is 34.7 Å². The van der Waals surface area contributed by atoms with Crippen LogP contribution < -0.4 is 5.43 Å². The van der Waals surface area contributed by atoms with Crippen molar-refractivity contribution in [3.63, 3.8) is 0 Å². The number of aromatic hydroxyl groups is 1. The molecule has 0 aromatic heterocycles. The molecule has 0 atom stereocenters. The van der Waals surface area contributed by atoms with Crippen LogP contribution >= 0.6 is 11.6 Å². The van der Waals surface area contributed by atoms with Crippen LogP contribution in [0.4, 0.5) is 0 Å². The summed E-state index contributed by atoms with van der Waals surface area (Å²) in [5.74, 6) is -0.561. The fraction of sp³-hybridized carbons (Fsp3) is 0.259. The molecule has 0 radical (unpaired) electrons. The monoisotopic (exact) mass is 490 g/mol. The van der Waals surface area contributed by atoms with E-state index in [1.807, 2.05) is 36.4 Å². The van der Waals surface area contributed by atoms with E-state index < -0.39 is 5.91 Å². The Kier molecular flexibility index (Phi) is 9.22. The normalized spacial score (nSPS) is 10.9. The number of hydrogen-bond donors (Lipinski definition) is 2. The van der Waals surface area contributed by atoms with E-state index in [4.69, 9.17) is 16.9 Å². The van der Waals surface area contributed by atoms with Gasteiger partial charge in [-0.3, -0.25) is 9.59 Å². The van der Waals surface area contributed by atoms with Crippen LogP contribution in [0.15, 0.2) is 59.7 Å². The molecule has 0 aliphatic rings. The maximum Gasteiger partial charge on any atom is 0.271 e. The van der Waals surface area contributed by atoms with Gasteiger partial charge in [0.1, 0.15) is 5.75 Å². The van der Waals surface area contributed by atoms with Crippen molar-refractivity contribution in [2.75, 3.05) is 13.1 Å². The van der Waals surface area contributed by atoms with E-state index >= 15 is 0 Å². The molecule has 35 heavy (non-hydrogen) atoms. The molecule has 0 unspecified atom stereocenters. The van der Waals surface area contributed by atoms with Gasteiger partial charge < -0.3 is 10.0 Å². The largest absolute Gasteiger partial charge is 0.506 e. The van der Waals surface area contributed by atoms with Gasteiger partial charge in [0.2, 0.25) is 5.91 Å². The van der Waals surface area contributed by atoms with Gasteiger partial charge in [-0.1, -0.05) is 61.3 Å². The third kappa shape index (κ3) is 6.81. The van der Waals surface area contributed by atoms with E-state index in [1.54, 1.807) is 11.1 Å². The van der Waals surface area contributed by atoms with Crippen molar-refractivity contribution >= 4 is 40.4 Å². The zero-order valence-electron chi connectivity index (χ0n) is 19.5. The van der Waals surface area contributed by atoms with E-state index in [-0.39, 0.29) is 28.7 Å². The number of fused-ring (bicyclic) bond motifs is 1. The maximum absolute atomic E-state index is 13.0. The molecule has 0 aliphatic heterocycles. The van der Waals surface area contributed by atoms with Gasteiger partial charge in [0.05, 0.1) is 30.1 Å². The molecular weight excluding hydrogens is 464 g/mol. The molecule has 0 saturated heterocycles. The Bertz CT molecular complexity index is 1280. The number of benzene rings is 3. The molecule has 7 nitrogen and oxygen atoms in total. The fourth-order valence-electron chi connectivity index (χ4n) is 3.69. The summed E-state index contributed by atoms with van der Waals surface area (Å²) in [4.78, 5) is 27.1. The second-order valence-electron chi connectivity index (χ2n) is 8.04. The summed E-state index contributed by atoms with van der Waals surface area (Å²) in [5.41, 5.74) is 4.41. The lowest BCUT2D eigenvalue weighted by molar-refractivity contribution is -0.130. The van der Waals surface area contributed by atoms with Gasteiger partial charge in [0.25, 0.3) is 5.91 Å². The van der Waals surface area contributed by atoms with Crippen LogP contribution in [-0.2, 0) is 11.2 Å². The predicted octanol–water partition coefficient (Wildman–Crippen LogP) is 5.05. The average Bonchev–Trinajstić information content (AvgIpc) is 2.86. The number of phenols is 1. The molecule has 2 N–H and O–H groups in total. The Morgan fingerprint density at radius 1 is 1.14 bits per heavy atom. The lowest BCUT2D eigenvalue weighted by Gasteiger charge is -2.22. The minimum absolute atomic E-state index is 0.0000853. The first-order chi connectivity index (χ1) is 16.9. The van der Waals surface area contributed by atoms with Gasteiger partial charge >= 0.3 is 0 Å². The molecule has 3 aromatic rings. The maximum atomic E-state index is 13.0. The van der Waals surface area contributed by atoms with Gasteiger partial charge in [-0.25, -0.2) is 5.43 Å². The van der Waals surface area contributed by atoms with E-state index in [9.17, 15) is 14.7 Å². The minimum Gasteiger partial charge on any atom is -0.506 e. The van der Waals surface area contributed by atoms with E-state index in [1.165, 1.54) is 18.2 Å². The molecule has 0 fully saturated rings. The van der Waals surface area contributed by atoms with Crippen LogP contribution in [0, 0.1) is 11.3 Å². The molecule has 0 bridgehead atoms. The smallest absolute Gasteiger partial charge is 0.271 e. The number of carbonyl (C=O) groups excluding carboxylic acids is 2. The van der Waals surface area contributed by atoms with Crippen LogP contribution in [0.2, 0.25) is 5.02 Å². The highest BCUT2D eigenvalue weighted by Crippen LogP contribution is 2.24. The van der Waals surface area contributed by atoms with Crippen LogP contribution in [0.3, 0.4) is 0 Å². The number of unbranched alkanes of at least 4 members (excludes halogenated alkanes) is 1. The summed E-state index contributed by atoms with van der Waals surface area (Å²) >= 11 is 5.86. The first-order valence-corrected chi connectivity index (χ1v) is 11.8. The SMILES string of the molecule is CCCCN(CCC#N)C(=O)Cc1ccc(/C=N/NC(=O)c2ccc(O)c(Cl)c2)c2ccccc12. The Labute approximate surface area is 209 Å². The number of carbonyl (C=O) groups is 2. The standard InChI is InChI=1S/C27H27ClN4O3/c1-2-3-14-32(15-6-13-29)26(34)17-19-9-10-21(23-8-5-4-7-22(19)23)18-30-31-27(35)20-11-12-25(33)24(28)16-20/h4-5,7-12,16,18,33H,2-3,6,14-15,17H2,1H3,(H,31,35)/b30-18+. The number of nitriles is 1. The van der Waals surface area contributed by atoms with Crippen molar-refractivity contribution in [1.29, 1.82) is 5.26 Å². The summed E-state index contributed by atoms with van der Waals surface area (Å²) < 4.78 is 0. The highest BCUT2D eigenvalue weighted by Gasteiger charge is 2.15. The second-order valence-corrected chi connectivity index (χ2v) is 8.45. The number of hydrogen-bond acceptors (Lipinski definition) is 5. The Balaban J connectivity index is 1.78. The summed E-state index contributed by atoms with van der Waals surface area (Å²) in [5, 5.41) is 24.4. The van der Waals surface area contributed by atoms with E-state index in [0.29, 0.717) is 19.5 Å². The molecule has 0 aliphatic carbocycles. The van der Waals surface area contributed by atoms with Crippen LogP contribution in [0.1, 0.15) is 47.7 Å². The number of phenolic OH excluding ortho intramolecular Hbond substituents is 1. The van der Waals surface area contributed by atoms with Crippen molar-refractivity contribution in [3.8, 4) is 11.8 Å². The third-order valence-electron chi connectivity index (χ3n) is 5.60. The van der Waals surface area contributed by atoms with Crippen LogP contribution in [0.25, 0.3) is 10.8 Å². The van der Waals surface area contributed by atoms with Gasteiger partial charge in [0.15, 0.2) is 0 Å². The third-order valence-corrected chi connectivity index (χ3v) is 5.90. The molecular formula is C27H27ClN4O3. The first kappa shape index (κ1) is 25.7. The molecule has 0 saturated carbocycles. The van der Waals surface area contributed by atoms with Crippen LogP contribution in [0.5, 0.6) is 5.75 Å². The van der Waals surface area contributed by atoms with Crippen molar-refractivity contribution in [2.45, 2.75) is 32.6 Å². The summed E-state index contributed by atoms with van der Waals surface area (Å²) in [6.07, 6.45) is 3.98. The quantitative estimate of drug-likeness (QED) is 0.306. The van der Waals surface area contributed by atoms with Crippen molar-refractivity contribution in [3.05, 3.63) is 76.3 Å². The number of halogens is 1. The highest BCUT2D eigenvalue weighted by atomic mass is 35.5. The fourth-order valence-corrected chi connectivity index (χ4v) is 3.88. The highest BCUT2D eigenvalue weighted by molar-refractivity contribution is 6.32. The Morgan fingerprint density at radius 2 is 1.91 bits per heavy atom. The zero-order chi connectivity index (χ0) is 25.2. The molecule has 8 heteroatoms. The molecule has 3 aromatic carbocycles. The number of nitrogens with zero attached hydrogens (tertiary/aromatic N) is 3. The predicted molar refractivity (Wildman–Crippen MR) is 138 cm³/mol. The van der Waals surface area contributed by atoms with Crippen LogP contribution in [-0.4, -0.2) is 41.1 Å². The number of rotatable bonds is 10. The van der Waals surface area contributed by atoms with Crippen molar-refractivity contribution in [1.82, 2.24) is 10.3 Å². The van der Waals surface area contributed by atoms with Gasteiger partial charge in [-0.05, 0) is 41.0 Å². The van der Waals surface area contributed by atoms with Crippen molar-refractivity contribution in [2.24, 2.45) is 5.10 Å². The first-order valence-electron chi connectivity index (χ1n) is 11.4. The number of hydrazone groups is 1. The summed E-state index contributed by atoms with van der Waals surface area (Å²) in [6.45, 7) is 3.15. The summed E-state index contributed by atoms with van der Waals surface area (Å²) in [6, 6.07) is 17.8. The average molecular weight is 491 g/mol. The lowest BCUT2D eigenvalue weighted by Crippen LogP contribution is -2.34. The summed E-state index contributed by atoms with van der Waals surface area (Å²) in [7, 11) is 0. The Hall–Kier alpha value is -3.89. The topological polar surface area (TPSA) is 106 Å². The molecule has 0 heterocycles. The number of nitrogens with one attached hydrogen (secondary N) is 1. The molecule has 180 valence electrons. The van der Waals surface area contributed by atoms with Gasteiger partial charge in [-0.2, -0.15) is 10.4 Å². The lowest BCUT2D eigenvalue weighted by atomic mass is 9.97. The second kappa shape index (κ2) is 12.5. The van der Waals surface area contributed by atoms with Gasteiger partial charge in [0, 0.05) is 24.2 Å². The molecule has 3 rings (SSSR count). The van der Waals surface area contributed by atoms with Crippen molar-refractivity contribution < 1.29 is 14.7 Å². The molecule has 0 spiro atoms. The number of amides is 2. The Morgan fingerprint density at radius 3 is 2.63 bits per heavy atom.